The van der Waals surface area contributed by atoms with Gasteiger partial charge in [-0.05, 0) is 69.7 Å². The smallest absolute Gasteiger partial charge is 0.261 e. The average molecular weight is 572 g/mol. The zero-order valence-electron chi connectivity index (χ0n) is 20.8. The fourth-order valence-corrected chi connectivity index (χ4v) is 4.49. The molecule has 0 heterocycles. The van der Waals surface area contributed by atoms with Gasteiger partial charge in [0.15, 0.2) is 6.61 Å². The van der Waals surface area contributed by atoms with Gasteiger partial charge in [0.25, 0.3) is 5.91 Å². The van der Waals surface area contributed by atoms with Crippen LogP contribution < -0.4 is 10.1 Å². The van der Waals surface area contributed by atoms with Gasteiger partial charge in [0.05, 0.1) is 4.47 Å². The second-order valence-electron chi connectivity index (χ2n) is 8.88. The van der Waals surface area contributed by atoms with Gasteiger partial charge in [-0.1, -0.05) is 74.0 Å². The fraction of sp³-hybridized carbons (Fsp3) is 0.310. The van der Waals surface area contributed by atoms with Crippen molar-refractivity contribution in [1.82, 2.24) is 10.2 Å². The molecule has 0 spiro atoms. The standard InChI is InChI=1S/C29H32BrClN2O3/c1-4-32-29(35)26(16-21-8-6-5-7-9-21)33(18-22-10-13-24(31)14-11-22)28(34)19-36-27-15-12-23(20(2)3)17-25(27)30/h5-15,17,20,26H,4,16,18-19H2,1-3H3,(H,32,35). The minimum Gasteiger partial charge on any atom is -0.483 e. The van der Waals surface area contributed by atoms with Crippen molar-refractivity contribution in [3.05, 3.63) is 99.0 Å². The highest BCUT2D eigenvalue weighted by atomic mass is 79.9. The molecule has 0 fully saturated rings. The molecule has 2 amide bonds. The van der Waals surface area contributed by atoms with Gasteiger partial charge in [-0.3, -0.25) is 9.59 Å². The number of carbonyl (C=O) groups is 2. The van der Waals surface area contributed by atoms with E-state index in [1.807, 2.05) is 67.6 Å². The van der Waals surface area contributed by atoms with Gasteiger partial charge >= 0.3 is 0 Å². The first-order valence-electron chi connectivity index (χ1n) is 12.1. The van der Waals surface area contributed by atoms with Crippen LogP contribution in [0.15, 0.2) is 77.3 Å². The number of carbonyl (C=O) groups excluding carboxylic acids is 2. The zero-order valence-corrected chi connectivity index (χ0v) is 23.2. The molecule has 7 heteroatoms. The van der Waals surface area contributed by atoms with Crippen molar-refractivity contribution < 1.29 is 14.3 Å². The van der Waals surface area contributed by atoms with Crippen molar-refractivity contribution in [2.24, 2.45) is 0 Å². The first-order chi connectivity index (χ1) is 17.3. The lowest BCUT2D eigenvalue weighted by atomic mass is 10.0. The minimum atomic E-state index is -0.703. The number of rotatable bonds is 11. The van der Waals surface area contributed by atoms with Crippen molar-refractivity contribution in [3.63, 3.8) is 0 Å². The quantitative estimate of drug-likeness (QED) is 0.291. The number of hydrogen-bond acceptors (Lipinski definition) is 3. The maximum atomic E-state index is 13.6. The molecule has 0 saturated carbocycles. The van der Waals surface area contributed by atoms with Gasteiger partial charge in [0.1, 0.15) is 11.8 Å². The van der Waals surface area contributed by atoms with E-state index in [0.717, 1.165) is 15.6 Å². The van der Waals surface area contributed by atoms with Crippen LogP contribution in [0.1, 0.15) is 43.4 Å². The molecule has 5 nitrogen and oxygen atoms in total. The molecule has 0 saturated heterocycles. The Balaban J connectivity index is 1.88. The normalized spacial score (nSPS) is 11.7. The third-order valence-electron chi connectivity index (χ3n) is 5.86. The van der Waals surface area contributed by atoms with Crippen LogP contribution in [0.3, 0.4) is 0 Å². The van der Waals surface area contributed by atoms with Crippen molar-refractivity contribution in [3.8, 4) is 5.75 Å². The third kappa shape index (κ3) is 7.84. The molecule has 0 bridgehead atoms. The second-order valence-corrected chi connectivity index (χ2v) is 10.2. The molecule has 1 atom stereocenters. The van der Waals surface area contributed by atoms with Crippen molar-refractivity contribution in [2.75, 3.05) is 13.2 Å². The highest BCUT2D eigenvalue weighted by Gasteiger charge is 2.30. The maximum absolute atomic E-state index is 13.6. The van der Waals surface area contributed by atoms with E-state index in [9.17, 15) is 9.59 Å². The summed E-state index contributed by atoms with van der Waals surface area (Å²) < 4.78 is 6.71. The monoisotopic (exact) mass is 570 g/mol. The molecule has 3 aromatic rings. The van der Waals surface area contributed by atoms with E-state index in [1.54, 1.807) is 17.0 Å². The van der Waals surface area contributed by atoms with Crippen LogP contribution in [0.2, 0.25) is 5.02 Å². The molecule has 1 unspecified atom stereocenters. The summed E-state index contributed by atoms with van der Waals surface area (Å²) in [4.78, 5) is 28.4. The fourth-order valence-electron chi connectivity index (χ4n) is 3.85. The number of halogens is 2. The predicted octanol–water partition coefficient (Wildman–Crippen LogP) is 6.38. The van der Waals surface area contributed by atoms with Gasteiger partial charge in [-0.25, -0.2) is 0 Å². The molecule has 1 N–H and O–H groups in total. The second kappa shape index (κ2) is 13.5. The maximum Gasteiger partial charge on any atom is 0.261 e. The summed E-state index contributed by atoms with van der Waals surface area (Å²) in [5.74, 6) is 0.475. The van der Waals surface area contributed by atoms with E-state index in [0.29, 0.717) is 29.7 Å². The number of amides is 2. The minimum absolute atomic E-state index is 0.197. The number of hydrogen-bond donors (Lipinski definition) is 1. The Kier molecular flexibility index (Phi) is 10.4. The molecule has 0 aliphatic rings. The number of likely N-dealkylation sites (N-methyl/N-ethyl adjacent to an activating group) is 1. The number of benzene rings is 3. The summed E-state index contributed by atoms with van der Waals surface area (Å²) in [6.45, 7) is 6.63. The number of nitrogens with zero attached hydrogens (tertiary/aromatic N) is 1. The Morgan fingerprint density at radius 2 is 1.69 bits per heavy atom. The molecule has 0 radical (unpaired) electrons. The molecule has 3 aromatic carbocycles. The molecule has 0 aromatic heterocycles. The van der Waals surface area contributed by atoms with Crippen molar-refractivity contribution >= 4 is 39.3 Å². The van der Waals surface area contributed by atoms with Crippen molar-refractivity contribution in [1.29, 1.82) is 0 Å². The predicted molar refractivity (Wildman–Crippen MR) is 148 cm³/mol. The van der Waals surface area contributed by atoms with Crippen LogP contribution in [0, 0.1) is 0 Å². The van der Waals surface area contributed by atoms with E-state index in [1.165, 1.54) is 5.56 Å². The van der Waals surface area contributed by atoms with Gasteiger partial charge in [-0.2, -0.15) is 0 Å². The van der Waals surface area contributed by atoms with E-state index >= 15 is 0 Å². The Morgan fingerprint density at radius 3 is 2.31 bits per heavy atom. The lowest BCUT2D eigenvalue weighted by Crippen LogP contribution is -2.51. The molecule has 36 heavy (non-hydrogen) atoms. The lowest BCUT2D eigenvalue weighted by Gasteiger charge is -2.31. The highest BCUT2D eigenvalue weighted by Crippen LogP contribution is 2.29. The zero-order chi connectivity index (χ0) is 26.1. The van der Waals surface area contributed by atoms with Crippen LogP contribution in [-0.2, 0) is 22.6 Å². The Hall–Kier alpha value is -2.83. The Labute approximate surface area is 226 Å². The van der Waals surface area contributed by atoms with Gasteiger partial charge in [-0.15, -0.1) is 0 Å². The molecular weight excluding hydrogens is 540 g/mol. The summed E-state index contributed by atoms with van der Waals surface area (Å²) >= 11 is 9.62. The van der Waals surface area contributed by atoms with Crippen LogP contribution in [0.4, 0.5) is 0 Å². The highest BCUT2D eigenvalue weighted by molar-refractivity contribution is 9.10. The topological polar surface area (TPSA) is 58.6 Å². The molecule has 0 aliphatic carbocycles. The molecule has 0 aliphatic heterocycles. The number of nitrogens with one attached hydrogen (secondary N) is 1. The van der Waals surface area contributed by atoms with Crippen LogP contribution >= 0.6 is 27.5 Å². The van der Waals surface area contributed by atoms with Gasteiger partial charge < -0.3 is 15.0 Å². The lowest BCUT2D eigenvalue weighted by molar-refractivity contribution is -0.142. The SMILES string of the molecule is CCNC(=O)C(Cc1ccccc1)N(Cc1ccc(Cl)cc1)C(=O)COc1ccc(C(C)C)cc1Br. The average Bonchev–Trinajstić information content (AvgIpc) is 2.87. The van der Waals surface area contributed by atoms with Crippen LogP contribution in [-0.4, -0.2) is 35.9 Å². The van der Waals surface area contributed by atoms with Crippen molar-refractivity contribution in [2.45, 2.75) is 45.7 Å². The number of ether oxygens (including phenoxy) is 1. The van der Waals surface area contributed by atoms with E-state index < -0.39 is 6.04 Å². The molecule has 3 rings (SSSR count). The molecular formula is C29H32BrClN2O3. The first kappa shape index (κ1) is 27.8. The van der Waals surface area contributed by atoms with Crippen LogP contribution in [0.25, 0.3) is 0 Å². The molecule has 190 valence electrons. The summed E-state index contributed by atoms with van der Waals surface area (Å²) in [7, 11) is 0. The summed E-state index contributed by atoms with van der Waals surface area (Å²) in [6.07, 6.45) is 0.388. The first-order valence-corrected chi connectivity index (χ1v) is 13.2. The van der Waals surface area contributed by atoms with Crippen LogP contribution in [0.5, 0.6) is 5.75 Å². The van der Waals surface area contributed by atoms with Gasteiger partial charge in [0.2, 0.25) is 5.91 Å². The largest absolute Gasteiger partial charge is 0.483 e. The van der Waals surface area contributed by atoms with Gasteiger partial charge in [0, 0.05) is 24.5 Å². The summed E-state index contributed by atoms with van der Waals surface area (Å²) in [6, 6.07) is 22.1. The third-order valence-corrected chi connectivity index (χ3v) is 6.73. The van der Waals surface area contributed by atoms with E-state index in [2.05, 4.69) is 35.1 Å². The van der Waals surface area contributed by atoms with E-state index in [-0.39, 0.29) is 25.0 Å². The Bertz CT molecular complexity index is 1150. The summed E-state index contributed by atoms with van der Waals surface area (Å²) in [5, 5.41) is 3.50. The van der Waals surface area contributed by atoms with E-state index in [4.69, 9.17) is 16.3 Å². The Morgan fingerprint density at radius 1 is 1.00 bits per heavy atom. The summed E-state index contributed by atoms with van der Waals surface area (Å²) in [5.41, 5.74) is 3.01.